The molecule has 0 unspecified atom stereocenters. The topological polar surface area (TPSA) is 66.5 Å². The molecule has 1 aliphatic rings. The Balaban J connectivity index is 1.85. The van der Waals surface area contributed by atoms with E-state index in [1.165, 1.54) is 16.1 Å². The molecule has 5 nitrogen and oxygen atoms in total. The number of benzene rings is 1. The van der Waals surface area contributed by atoms with Crippen molar-refractivity contribution in [3.05, 3.63) is 35.9 Å². The lowest BCUT2D eigenvalue weighted by atomic mass is 9.95. The van der Waals surface area contributed by atoms with Crippen LogP contribution in [-0.4, -0.2) is 44.5 Å². The molecule has 1 aromatic carbocycles. The first-order valence-electron chi connectivity index (χ1n) is 8.67. The number of carbonyl (C=O) groups is 1. The summed E-state index contributed by atoms with van der Waals surface area (Å²) in [7, 11) is -3.22. The number of rotatable bonds is 7. The van der Waals surface area contributed by atoms with Gasteiger partial charge in [0.1, 0.15) is 0 Å². The lowest BCUT2D eigenvalue weighted by molar-refractivity contribution is -0.126. The van der Waals surface area contributed by atoms with E-state index in [4.69, 9.17) is 0 Å². The zero-order valence-corrected chi connectivity index (χ0v) is 15.4. The summed E-state index contributed by atoms with van der Waals surface area (Å²) >= 11 is 0. The number of amides is 1. The number of nitrogens with zero attached hydrogens (tertiary/aromatic N) is 1. The second kappa shape index (κ2) is 8.62. The van der Waals surface area contributed by atoms with Crippen LogP contribution in [-0.2, 0) is 21.2 Å². The molecule has 0 spiro atoms. The lowest BCUT2D eigenvalue weighted by Crippen LogP contribution is -2.45. The molecule has 1 saturated heterocycles. The molecule has 0 bridgehead atoms. The van der Waals surface area contributed by atoms with Gasteiger partial charge in [-0.15, -0.1) is 0 Å². The van der Waals surface area contributed by atoms with Gasteiger partial charge in [0.2, 0.25) is 15.9 Å². The van der Waals surface area contributed by atoms with Gasteiger partial charge in [0.25, 0.3) is 0 Å². The van der Waals surface area contributed by atoms with Gasteiger partial charge in [-0.05, 0) is 30.7 Å². The van der Waals surface area contributed by atoms with Crippen molar-refractivity contribution in [1.29, 1.82) is 0 Å². The summed E-state index contributed by atoms with van der Waals surface area (Å²) in [6.07, 6.45) is 4.65. The molecule has 2 rings (SSSR count). The van der Waals surface area contributed by atoms with Crippen LogP contribution in [0.15, 0.2) is 30.3 Å². The number of nitrogens with one attached hydrogen (secondary N) is 1. The Kier molecular flexibility index (Phi) is 6.80. The van der Waals surface area contributed by atoms with Gasteiger partial charge in [-0.1, -0.05) is 43.7 Å². The van der Waals surface area contributed by atoms with Gasteiger partial charge in [0.05, 0.1) is 12.2 Å². The van der Waals surface area contributed by atoms with Crippen LogP contribution in [0.2, 0.25) is 0 Å². The fourth-order valence-corrected chi connectivity index (χ4v) is 4.07. The zero-order valence-electron chi connectivity index (χ0n) is 14.6. The summed E-state index contributed by atoms with van der Waals surface area (Å²) in [5.41, 5.74) is 1.28. The van der Waals surface area contributed by atoms with Crippen LogP contribution >= 0.6 is 0 Å². The summed E-state index contributed by atoms with van der Waals surface area (Å²) in [5, 5.41) is 3.04. The molecular weight excluding hydrogens is 324 g/mol. The highest BCUT2D eigenvalue weighted by Crippen LogP contribution is 2.19. The minimum absolute atomic E-state index is 0.0186. The standard InChI is InChI=1S/C18H28N2O3S/c1-3-15(12-16-8-5-4-6-9-16)13-19-18(21)17-10-7-11-20(14-17)24(2,22)23/h4-6,8-9,15,17H,3,7,10-14H2,1-2H3,(H,19,21)/t15-,17+/m1/s1. The van der Waals surface area contributed by atoms with E-state index in [0.717, 1.165) is 25.7 Å². The first-order valence-corrected chi connectivity index (χ1v) is 10.5. The second-order valence-electron chi connectivity index (χ2n) is 6.67. The normalized spacial score (nSPS) is 20.5. The third kappa shape index (κ3) is 5.60. The Bertz CT molecular complexity index is 631. The zero-order chi connectivity index (χ0) is 17.6. The van der Waals surface area contributed by atoms with Gasteiger partial charge >= 0.3 is 0 Å². The molecule has 1 aromatic rings. The predicted molar refractivity (Wildman–Crippen MR) is 96.1 cm³/mol. The lowest BCUT2D eigenvalue weighted by Gasteiger charge is -2.30. The summed E-state index contributed by atoms with van der Waals surface area (Å²) in [6, 6.07) is 10.3. The van der Waals surface area contributed by atoms with Crippen LogP contribution in [0.1, 0.15) is 31.7 Å². The van der Waals surface area contributed by atoms with Crippen LogP contribution in [0, 0.1) is 11.8 Å². The van der Waals surface area contributed by atoms with Gasteiger partial charge in [-0.2, -0.15) is 0 Å². The average Bonchev–Trinajstić information content (AvgIpc) is 2.58. The van der Waals surface area contributed by atoms with E-state index in [-0.39, 0.29) is 11.8 Å². The molecule has 1 amide bonds. The fourth-order valence-electron chi connectivity index (χ4n) is 3.16. The molecule has 0 aromatic heterocycles. The van der Waals surface area contributed by atoms with Gasteiger partial charge in [-0.3, -0.25) is 4.79 Å². The Morgan fingerprint density at radius 3 is 2.67 bits per heavy atom. The Labute approximate surface area is 145 Å². The van der Waals surface area contributed by atoms with Crippen molar-refractivity contribution < 1.29 is 13.2 Å². The third-order valence-corrected chi connectivity index (χ3v) is 6.00. The Hall–Kier alpha value is -1.40. The maximum absolute atomic E-state index is 12.4. The quantitative estimate of drug-likeness (QED) is 0.817. The molecule has 24 heavy (non-hydrogen) atoms. The summed E-state index contributed by atoms with van der Waals surface area (Å²) in [6.45, 7) is 3.60. The van der Waals surface area contributed by atoms with E-state index >= 15 is 0 Å². The van der Waals surface area contributed by atoms with Crippen LogP contribution in [0.25, 0.3) is 0 Å². The first-order chi connectivity index (χ1) is 11.4. The molecule has 134 valence electrons. The van der Waals surface area contributed by atoms with E-state index < -0.39 is 10.0 Å². The molecular formula is C18H28N2O3S. The van der Waals surface area contributed by atoms with Gasteiger partial charge < -0.3 is 5.32 Å². The van der Waals surface area contributed by atoms with E-state index in [1.54, 1.807) is 0 Å². The third-order valence-electron chi connectivity index (χ3n) is 4.73. The van der Waals surface area contributed by atoms with E-state index in [2.05, 4.69) is 24.4 Å². The Morgan fingerprint density at radius 1 is 1.33 bits per heavy atom. The van der Waals surface area contributed by atoms with Crippen LogP contribution < -0.4 is 5.32 Å². The molecule has 6 heteroatoms. The van der Waals surface area contributed by atoms with Gasteiger partial charge in [0, 0.05) is 19.6 Å². The number of hydrogen-bond donors (Lipinski definition) is 1. The molecule has 1 fully saturated rings. The van der Waals surface area contributed by atoms with Crippen LogP contribution in [0.5, 0.6) is 0 Å². The largest absolute Gasteiger partial charge is 0.356 e. The highest BCUT2D eigenvalue weighted by Gasteiger charge is 2.30. The number of sulfonamides is 1. The van der Waals surface area contributed by atoms with Gasteiger partial charge in [0.15, 0.2) is 0 Å². The van der Waals surface area contributed by atoms with Crippen molar-refractivity contribution in [2.24, 2.45) is 11.8 Å². The molecule has 1 aliphatic heterocycles. The number of piperidine rings is 1. The predicted octanol–water partition coefficient (Wildman–Crippen LogP) is 2.04. The number of hydrogen-bond acceptors (Lipinski definition) is 3. The van der Waals surface area contributed by atoms with Crippen molar-refractivity contribution >= 4 is 15.9 Å². The van der Waals surface area contributed by atoms with Crippen molar-refractivity contribution in [3.63, 3.8) is 0 Å². The molecule has 0 radical (unpaired) electrons. The second-order valence-corrected chi connectivity index (χ2v) is 8.65. The van der Waals surface area contributed by atoms with Crippen molar-refractivity contribution in [1.82, 2.24) is 9.62 Å². The maximum atomic E-state index is 12.4. The van der Waals surface area contributed by atoms with Crippen LogP contribution in [0.4, 0.5) is 0 Å². The Morgan fingerprint density at radius 2 is 2.04 bits per heavy atom. The SMILES string of the molecule is CC[C@@H](CNC(=O)[C@H]1CCCN(S(C)(=O)=O)C1)Cc1ccccc1. The van der Waals surface area contributed by atoms with Crippen LogP contribution in [0.3, 0.4) is 0 Å². The minimum Gasteiger partial charge on any atom is -0.356 e. The molecule has 1 heterocycles. The smallest absolute Gasteiger partial charge is 0.224 e. The molecule has 1 N–H and O–H groups in total. The summed E-state index contributed by atoms with van der Waals surface area (Å²) < 4.78 is 24.7. The first kappa shape index (κ1) is 18.9. The number of carbonyl (C=O) groups excluding carboxylic acids is 1. The monoisotopic (exact) mass is 352 g/mol. The fraction of sp³-hybridized carbons (Fsp3) is 0.611. The molecule has 0 aliphatic carbocycles. The van der Waals surface area contributed by atoms with E-state index in [0.29, 0.717) is 25.6 Å². The summed E-state index contributed by atoms with van der Waals surface area (Å²) in [4.78, 5) is 12.4. The highest BCUT2D eigenvalue weighted by atomic mass is 32.2. The minimum atomic E-state index is -3.22. The molecule has 2 atom stereocenters. The average molecular weight is 353 g/mol. The van der Waals surface area contributed by atoms with E-state index in [9.17, 15) is 13.2 Å². The summed E-state index contributed by atoms with van der Waals surface area (Å²) in [5.74, 6) is 0.142. The maximum Gasteiger partial charge on any atom is 0.224 e. The van der Waals surface area contributed by atoms with E-state index in [1.807, 2.05) is 18.2 Å². The van der Waals surface area contributed by atoms with Crippen molar-refractivity contribution in [2.75, 3.05) is 25.9 Å². The van der Waals surface area contributed by atoms with Crippen molar-refractivity contribution in [3.8, 4) is 0 Å². The molecule has 0 saturated carbocycles. The highest BCUT2D eigenvalue weighted by molar-refractivity contribution is 7.88. The van der Waals surface area contributed by atoms with Gasteiger partial charge in [-0.25, -0.2) is 12.7 Å². The van der Waals surface area contributed by atoms with Crippen molar-refractivity contribution in [2.45, 2.75) is 32.6 Å².